The van der Waals surface area contributed by atoms with Crippen LogP contribution in [0.5, 0.6) is 0 Å². The molecule has 0 aromatic heterocycles. The third-order valence-corrected chi connectivity index (χ3v) is 2.45. The van der Waals surface area contributed by atoms with Gasteiger partial charge in [0, 0.05) is 11.5 Å². The first-order valence-electron chi connectivity index (χ1n) is 6.07. The van der Waals surface area contributed by atoms with Crippen molar-refractivity contribution in [2.24, 2.45) is 10.3 Å². The fourth-order valence-corrected chi connectivity index (χ4v) is 1.45. The predicted molar refractivity (Wildman–Crippen MR) is 72.5 cm³/mol. The highest BCUT2D eigenvalue weighted by Gasteiger charge is 1.95. The van der Waals surface area contributed by atoms with Crippen molar-refractivity contribution in [1.82, 2.24) is 0 Å². The van der Waals surface area contributed by atoms with Crippen molar-refractivity contribution >= 4 is 5.71 Å². The molecular weight excluding hydrogens is 228 g/mol. The quantitative estimate of drug-likeness (QED) is 0.171. The van der Waals surface area contributed by atoms with Crippen molar-refractivity contribution in [3.8, 4) is 0 Å². The molecule has 5 nitrogen and oxygen atoms in total. The van der Waals surface area contributed by atoms with E-state index in [2.05, 4.69) is 15.2 Å². The van der Waals surface area contributed by atoms with Crippen LogP contribution in [0, 0.1) is 0 Å². The third-order valence-electron chi connectivity index (χ3n) is 2.45. The fourth-order valence-electron chi connectivity index (χ4n) is 1.45. The van der Waals surface area contributed by atoms with Crippen LogP contribution in [0.2, 0.25) is 0 Å². The van der Waals surface area contributed by atoms with Crippen molar-refractivity contribution in [3.05, 3.63) is 46.3 Å². The zero-order valence-electron chi connectivity index (χ0n) is 10.6. The van der Waals surface area contributed by atoms with Crippen LogP contribution in [-0.4, -0.2) is 18.9 Å². The van der Waals surface area contributed by atoms with Crippen LogP contribution in [0.15, 0.2) is 40.6 Å². The van der Waals surface area contributed by atoms with E-state index in [1.54, 1.807) is 0 Å². The molecular formula is C13H18N4O. The second-order valence-corrected chi connectivity index (χ2v) is 3.89. The lowest BCUT2D eigenvalue weighted by Gasteiger charge is -2.02. The van der Waals surface area contributed by atoms with E-state index < -0.39 is 0 Å². The number of rotatable bonds is 8. The Labute approximate surface area is 107 Å². The van der Waals surface area contributed by atoms with E-state index in [9.17, 15) is 0 Å². The van der Waals surface area contributed by atoms with Crippen LogP contribution in [0.25, 0.3) is 10.4 Å². The lowest BCUT2D eigenvalue weighted by Crippen LogP contribution is -1.97. The van der Waals surface area contributed by atoms with Gasteiger partial charge in [-0.2, -0.15) is 0 Å². The number of benzene rings is 1. The minimum atomic E-state index is 0.558. The van der Waals surface area contributed by atoms with Gasteiger partial charge in [-0.1, -0.05) is 40.6 Å². The summed E-state index contributed by atoms with van der Waals surface area (Å²) in [6.45, 7) is 3.08. The molecule has 0 saturated heterocycles. The largest absolute Gasteiger partial charge is 0.396 e. The van der Waals surface area contributed by atoms with Gasteiger partial charge in [0.1, 0.15) is 6.61 Å². The summed E-state index contributed by atoms with van der Waals surface area (Å²) in [5.41, 5.74) is 10.0. The van der Waals surface area contributed by atoms with Crippen molar-refractivity contribution < 1.29 is 4.84 Å². The Morgan fingerprint density at radius 2 is 2.00 bits per heavy atom. The van der Waals surface area contributed by atoms with Gasteiger partial charge in [0.2, 0.25) is 0 Å². The SMILES string of the molecule is C/C(=N\OCCCCCN=[N+]=[N-])c1ccccc1. The van der Waals surface area contributed by atoms with Gasteiger partial charge in [-0.15, -0.1) is 0 Å². The topological polar surface area (TPSA) is 70.4 Å². The number of hydrogen-bond acceptors (Lipinski definition) is 3. The van der Waals surface area contributed by atoms with Gasteiger partial charge in [0.15, 0.2) is 0 Å². The molecule has 0 N–H and O–H groups in total. The van der Waals surface area contributed by atoms with Gasteiger partial charge in [-0.3, -0.25) is 0 Å². The minimum absolute atomic E-state index is 0.558. The summed E-state index contributed by atoms with van der Waals surface area (Å²) in [6.07, 6.45) is 2.81. The van der Waals surface area contributed by atoms with Crippen molar-refractivity contribution in [2.75, 3.05) is 13.2 Å². The molecule has 0 aliphatic heterocycles. The smallest absolute Gasteiger partial charge is 0.117 e. The molecule has 96 valence electrons. The van der Waals surface area contributed by atoms with Gasteiger partial charge < -0.3 is 4.84 Å². The Kier molecular flexibility index (Phi) is 7.09. The molecule has 0 aliphatic rings. The first-order valence-corrected chi connectivity index (χ1v) is 6.07. The van der Waals surface area contributed by atoms with Gasteiger partial charge in [0.05, 0.1) is 5.71 Å². The summed E-state index contributed by atoms with van der Waals surface area (Å²) in [4.78, 5) is 7.94. The van der Waals surface area contributed by atoms with E-state index in [4.69, 9.17) is 10.4 Å². The van der Waals surface area contributed by atoms with Gasteiger partial charge >= 0.3 is 0 Å². The number of oxime groups is 1. The van der Waals surface area contributed by atoms with Gasteiger partial charge in [-0.25, -0.2) is 0 Å². The van der Waals surface area contributed by atoms with Crippen LogP contribution in [0.3, 0.4) is 0 Å². The Morgan fingerprint density at radius 1 is 1.22 bits per heavy atom. The maximum Gasteiger partial charge on any atom is 0.117 e. The van der Waals surface area contributed by atoms with E-state index in [0.29, 0.717) is 13.2 Å². The normalized spacial score (nSPS) is 10.8. The number of hydrogen-bond donors (Lipinski definition) is 0. The molecule has 1 aromatic carbocycles. The maximum absolute atomic E-state index is 8.09. The van der Waals surface area contributed by atoms with Crippen LogP contribution < -0.4 is 0 Å². The standard InChI is InChI=1S/C13H18N4O/c1-12(13-8-4-2-5-9-13)16-18-11-7-3-6-10-15-17-14/h2,4-5,8-9H,3,6-7,10-11H2,1H3/b16-12+. The second-order valence-electron chi connectivity index (χ2n) is 3.89. The molecule has 0 atom stereocenters. The van der Waals surface area contributed by atoms with Gasteiger partial charge in [-0.05, 0) is 37.3 Å². The summed E-state index contributed by atoms with van der Waals surface area (Å²) in [5, 5.41) is 7.53. The van der Waals surface area contributed by atoms with Gasteiger partial charge in [0.25, 0.3) is 0 Å². The summed E-state index contributed by atoms with van der Waals surface area (Å²) < 4.78 is 0. The average Bonchev–Trinajstić information content (AvgIpc) is 2.42. The van der Waals surface area contributed by atoms with E-state index in [1.165, 1.54) is 0 Å². The summed E-state index contributed by atoms with van der Waals surface area (Å²) in [7, 11) is 0. The van der Waals surface area contributed by atoms with Crippen LogP contribution in [0.4, 0.5) is 0 Å². The number of unbranched alkanes of at least 4 members (excludes halogenated alkanes) is 2. The van der Waals surface area contributed by atoms with Crippen molar-refractivity contribution in [1.29, 1.82) is 0 Å². The number of azide groups is 1. The highest BCUT2D eigenvalue weighted by Crippen LogP contribution is 2.02. The van der Waals surface area contributed by atoms with E-state index in [-0.39, 0.29) is 0 Å². The van der Waals surface area contributed by atoms with E-state index in [0.717, 1.165) is 30.5 Å². The molecule has 0 unspecified atom stereocenters. The van der Waals surface area contributed by atoms with Crippen LogP contribution in [0.1, 0.15) is 31.7 Å². The monoisotopic (exact) mass is 246 g/mol. The van der Waals surface area contributed by atoms with Crippen LogP contribution >= 0.6 is 0 Å². The highest BCUT2D eigenvalue weighted by molar-refractivity contribution is 5.98. The Bertz CT molecular complexity index is 410. The molecule has 1 rings (SSSR count). The van der Waals surface area contributed by atoms with Crippen molar-refractivity contribution in [3.63, 3.8) is 0 Å². The fraction of sp³-hybridized carbons (Fsp3) is 0.462. The molecule has 0 saturated carbocycles. The molecule has 0 radical (unpaired) electrons. The first kappa shape index (κ1) is 14.1. The second kappa shape index (κ2) is 9.07. The number of nitrogens with zero attached hydrogens (tertiary/aromatic N) is 4. The Morgan fingerprint density at radius 3 is 2.72 bits per heavy atom. The molecule has 0 fully saturated rings. The van der Waals surface area contributed by atoms with E-state index in [1.807, 2.05) is 37.3 Å². The zero-order valence-corrected chi connectivity index (χ0v) is 10.6. The lowest BCUT2D eigenvalue weighted by atomic mass is 10.1. The third kappa shape index (κ3) is 5.92. The molecule has 0 heterocycles. The summed E-state index contributed by atoms with van der Waals surface area (Å²) in [5.74, 6) is 0. The zero-order chi connectivity index (χ0) is 13.1. The van der Waals surface area contributed by atoms with E-state index >= 15 is 0 Å². The summed E-state index contributed by atoms with van der Waals surface area (Å²) >= 11 is 0. The van der Waals surface area contributed by atoms with Crippen LogP contribution in [-0.2, 0) is 4.84 Å². The maximum atomic E-state index is 8.09. The lowest BCUT2D eigenvalue weighted by molar-refractivity contribution is 0.140. The van der Waals surface area contributed by atoms with Crippen molar-refractivity contribution in [2.45, 2.75) is 26.2 Å². The minimum Gasteiger partial charge on any atom is -0.396 e. The predicted octanol–water partition coefficient (Wildman–Crippen LogP) is 3.91. The molecule has 5 heteroatoms. The Hall–Kier alpha value is -2.00. The Balaban J connectivity index is 2.15. The summed E-state index contributed by atoms with van der Waals surface area (Å²) in [6, 6.07) is 9.93. The molecule has 0 bridgehead atoms. The average molecular weight is 246 g/mol. The molecule has 0 amide bonds. The first-order chi connectivity index (χ1) is 8.84. The molecule has 1 aromatic rings. The molecule has 0 aliphatic carbocycles. The molecule has 18 heavy (non-hydrogen) atoms. The highest BCUT2D eigenvalue weighted by atomic mass is 16.6. The molecule has 0 spiro atoms.